The fourth-order valence-electron chi connectivity index (χ4n) is 3.14. The summed E-state index contributed by atoms with van der Waals surface area (Å²) in [7, 11) is 3.05. The van der Waals surface area contributed by atoms with Crippen molar-refractivity contribution >= 4 is 23.5 Å². The molecular weight excluding hydrogens is 340 g/mol. The third kappa shape index (κ3) is 3.31. The maximum Gasteiger partial charge on any atom is 0.311 e. The number of carboxylic acid groups (broad SMARTS) is 1. The minimum absolute atomic E-state index is 0.0844. The SMILES string of the molecule is COc1ccc(N2CC(C(=O)NCC3(C(=O)O)CC3)CC2=O)c(OC)c1. The van der Waals surface area contributed by atoms with Crippen molar-refractivity contribution in [3.63, 3.8) is 0 Å². The highest BCUT2D eigenvalue weighted by Gasteiger charge is 2.50. The Balaban J connectivity index is 1.67. The highest BCUT2D eigenvalue weighted by Crippen LogP contribution is 2.45. The molecule has 1 aliphatic heterocycles. The van der Waals surface area contributed by atoms with Gasteiger partial charge in [-0.25, -0.2) is 0 Å². The first-order valence-electron chi connectivity index (χ1n) is 8.44. The number of carbonyl (C=O) groups is 3. The average Bonchev–Trinajstić information content (AvgIpc) is 3.35. The molecule has 26 heavy (non-hydrogen) atoms. The normalized spacial score (nSPS) is 20.6. The van der Waals surface area contributed by atoms with Crippen molar-refractivity contribution < 1.29 is 29.0 Å². The van der Waals surface area contributed by atoms with E-state index < -0.39 is 17.3 Å². The maximum atomic E-state index is 12.4. The summed E-state index contributed by atoms with van der Waals surface area (Å²) >= 11 is 0. The van der Waals surface area contributed by atoms with Gasteiger partial charge < -0.3 is 24.8 Å². The summed E-state index contributed by atoms with van der Waals surface area (Å²) in [5, 5.41) is 11.9. The number of ether oxygens (including phenoxy) is 2. The summed E-state index contributed by atoms with van der Waals surface area (Å²) in [5.74, 6) is -0.769. The van der Waals surface area contributed by atoms with Crippen LogP contribution < -0.4 is 19.7 Å². The summed E-state index contributed by atoms with van der Waals surface area (Å²) < 4.78 is 10.5. The average molecular weight is 362 g/mol. The van der Waals surface area contributed by atoms with E-state index in [9.17, 15) is 19.5 Å². The van der Waals surface area contributed by atoms with Crippen LogP contribution in [-0.4, -0.2) is 50.2 Å². The Labute approximate surface area is 151 Å². The number of nitrogens with one attached hydrogen (secondary N) is 1. The van der Waals surface area contributed by atoms with Gasteiger partial charge in [-0.3, -0.25) is 14.4 Å². The number of benzene rings is 1. The first kappa shape index (κ1) is 18.0. The Morgan fingerprint density at radius 2 is 2.04 bits per heavy atom. The van der Waals surface area contributed by atoms with Crippen molar-refractivity contribution in [2.45, 2.75) is 19.3 Å². The predicted octanol–water partition coefficient (Wildman–Crippen LogP) is 1.04. The molecule has 1 atom stereocenters. The Morgan fingerprint density at radius 1 is 1.31 bits per heavy atom. The van der Waals surface area contributed by atoms with Gasteiger partial charge in [0.05, 0.1) is 31.2 Å². The molecule has 3 rings (SSSR count). The van der Waals surface area contributed by atoms with E-state index in [1.54, 1.807) is 25.3 Å². The monoisotopic (exact) mass is 362 g/mol. The highest BCUT2D eigenvalue weighted by molar-refractivity contribution is 6.01. The van der Waals surface area contributed by atoms with Crippen LogP contribution in [0.1, 0.15) is 19.3 Å². The summed E-state index contributed by atoms with van der Waals surface area (Å²) in [4.78, 5) is 37.5. The predicted molar refractivity (Wildman–Crippen MR) is 92.3 cm³/mol. The van der Waals surface area contributed by atoms with Crippen molar-refractivity contribution in [3.05, 3.63) is 18.2 Å². The summed E-state index contributed by atoms with van der Waals surface area (Å²) in [6.07, 6.45) is 1.23. The fourth-order valence-corrected chi connectivity index (χ4v) is 3.14. The third-order valence-electron chi connectivity index (χ3n) is 5.08. The molecule has 1 aromatic carbocycles. The van der Waals surface area contributed by atoms with E-state index in [-0.39, 0.29) is 31.3 Å². The van der Waals surface area contributed by atoms with E-state index in [1.807, 2.05) is 0 Å². The number of amides is 2. The summed E-state index contributed by atoms with van der Waals surface area (Å²) in [6, 6.07) is 5.13. The number of anilines is 1. The molecule has 0 bridgehead atoms. The lowest BCUT2D eigenvalue weighted by molar-refractivity contribution is -0.143. The molecule has 2 aliphatic rings. The molecule has 1 aromatic rings. The van der Waals surface area contributed by atoms with E-state index in [0.29, 0.717) is 30.0 Å². The van der Waals surface area contributed by atoms with Gasteiger partial charge in [-0.2, -0.15) is 0 Å². The zero-order valence-electron chi connectivity index (χ0n) is 14.8. The second kappa shape index (κ2) is 6.86. The third-order valence-corrected chi connectivity index (χ3v) is 5.08. The van der Waals surface area contributed by atoms with Gasteiger partial charge in [-0.05, 0) is 25.0 Å². The molecule has 1 unspecified atom stereocenters. The minimum Gasteiger partial charge on any atom is -0.497 e. The number of methoxy groups -OCH3 is 2. The number of aliphatic carboxylic acids is 1. The summed E-state index contributed by atoms with van der Waals surface area (Å²) in [6.45, 7) is 0.338. The van der Waals surface area contributed by atoms with E-state index >= 15 is 0 Å². The van der Waals surface area contributed by atoms with Gasteiger partial charge in [0.1, 0.15) is 11.5 Å². The van der Waals surface area contributed by atoms with Crippen LogP contribution in [0, 0.1) is 11.3 Å². The van der Waals surface area contributed by atoms with Gasteiger partial charge in [-0.15, -0.1) is 0 Å². The van der Waals surface area contributed by atoms with Crippen molar-refractivity contribution in [2.75, 3.05) is 32.2 Å². The topological polar surface area (TPSA) is 105 Å². The Hall–Kier alpha value is -2.77. The molecule has 1 saturated heterocycles. The molecule has 0 aromatic heterocycles. The first-order chi connectivity index (χ1) is 12.4. The fraction of sp³-hybridized carbons (Fsp3) is 0.500. The van der Waals surface area contributed by atoms with Crippen LogP contribution in [0.5, 0.6) is 11.5 Å². The number of hydrogen-bond donors (Lipinski definition) is 2. The van der Waals surface area contributed by atoms with E-state index in [2.05, 4.69) is 5.32 Å². The number of rotatable bonds is 7. The van der Waals surface area contributed by atoms with E-state index in [4.69, 9.17) is 9.47 Å². The van der Waals surface area contributed by atoms with Crippen molar-refractivity contribution in [1.82, 2.24) is 5.32 Å². The van der Waals surface area contributed by atoms with Gasteiger partial charge in [0.25, 0.3) is 0 Å². The molecular formula is C18H22N2O6. The van der Waals surface area contributed by atoms with Gasteiger partial charge in [0.15, 0.2) is 0 Å². The van der Waals surface area contributed by atoms with Gasteiger partial charge in [0.2, 0.25) is 11.8 Å². The number of carboxylic acids is 1. The largest absolute Gasteiger partial charge is 0.497 e. The van der Waals surface area contributed by atoms with Crippen LogP contribution in [-0.2, 0) is 14.4 Å². The first-order valence-corrected chi connectivity index (χ1v) is 8.44. The van der Waals surface area contributed by atoms with E-state index in [1.165, 1.54) is 12.0 Å². The van der Waals surface area contributed by atoms with Gasteiger partial charge in [0, 0.05) is 25.6 Å². The lowest BCUT2D eigenvalue weighted by Gasteiger charge is -2.20. The van der Waals surface area contributed by atoms with Crippen LogP contribution in [0.25, 0.3) is 0 Å². The Morgan fingerprint density at radius 3 is 2.62 bits per heavy atom. The van der Waals surface area contributed by atoms with Gasteiger partial charge >= 0.3 is 5.97 Å². The summed E-state index contributed by atoms with van der Waals surface area (Å²) in [5.41, 5.74) is -0.241. The standard InChI is InChI=1S/C18H22N2O6/c1-25-12-3-4-13(14(8-12)26-2)20-9-11(7-15(20)21)16(22)19-10-18(5-6-18)17(23)24/h3-4,8,11H,5-7,9-10H2,1-2H3,(H,19,22)(H,23,24). The zero-order chi connectivity index (χ0) is 18.9. The smallest absolute Gasteiger partial charge is 0.311 e. The van der Waals surface area contributed by atoms with E-state index in [0.717, 1.165) is 0 Å². The molecule has 1 aliphatic carbocycles. The molecule has 1 saturated carbocycles. The Bertz CT molecular complexity index is 743. The minimum atomic E-state index is -0.884. The number of nitrogens with zero attached hydrogens (tertiary/aromatic N) is 1. The molecule has 0 radical (unpaired) electrons. The van der Waals surface area contributed by atoms with Gasteiger partial charge in [-0.1, -0.05) is 0 Å². The Kier molecular flexibility index (Phi) is 4.76. The van der Waals surface area contributed by atoms with Crippen LogP contribution in [0.2, 0.25) is 0 Å². The van der Waals surface area contributed by atoms with Crippen LogP contribution in [0.3, 0.4) is 0 Å². The quantitative estimate of drug-likeness (QED) is 0.751. The number of hydrogen-bond acceptors (Lipinski definition) is 5. The molecule has 0 spiro atoms. The molecule has 1 heterocycles. The highest BCUT2D eigenvalue weighted by atomic mass is 16.5. The molecule has 2 N–H and O–H groups in total. The van der Waals surface area contributed by atoms with Crippen molar-refractivity contribution in [3.8, 4) is 11.5 Å². The molecule has 140 valence electrons. The van der Waals surface area contributed by atoms with Crippen LogP contribution >= 0.6 is 0 Å². The second-order valence-electron chi connectivity index (χ2n) is 6.75. The maximum absolute atomic E-state index is 12.4. The van der Waals surface area contributed by atoms with Crippen molar-refractivity contribution in [2.24, 2.45) is 11.3 Å². The second-order valence-corrected chi connectivity index (χ2v) is 6.75. The number of carbonyl (C=O) groups excluding carboxylic acids is 2. The molecule has 2 amide bonds. The molecule has 2 fully saturated rings. The van der Waals surface area contributed by atoms with Crippen molar-refractivity contribution in [1.29, 1.82) is 0 Å². The zero-order valence-corrected chi connectivity index (χ0v) is 14.8. The lowest BCUT2D eigenvalue weighted by Crippen LogP contribution is -2.38. The lowest BCUT2D eigenvalue weighted by atomic mass is 10.1. The molecule has 8 nitrogen and oxygen atoms in total. The van der Waals surface area contributed by atoms with Crippen LogP contribution in [0.4, 0.5) is 5.69 Å². The molecule has 8 heteroatoms. The van der Waals surface area contributed by atoms with Crippen LogP contribution in [0.15, 0.2) is 18.2 Å².